The van der Waals surface area contributed by atoms with Crippen molar-refractivity contribution in [2.45, 2.75) is 0 Å². The zero-order valence-corrected chi connectivity index (χ0v) is 6.04. The summed E-state index contributed by atoms with van der Waals surface area (Å²) in [7, 11) is 0. The molecule has 1 aromatic rings. The highest BCUT2D eigenvalue weighted by Gasteiger charge is 2.06. The van der Waals surface area contributed by atoms with E-state index in [1.54, 1.807) is 0 Å². The maximum absolute atomic E-state index is 10.4. The molecule has 0 atom stereocenters. The van der Waals surface area contributed by atoms with Crippen molar-refractivity contribution in [3.8, 4) is 5.75 Å². The van der Waals surface area contributed by atoms with Gasteiger partial charge in [-0.05, 0) is 0 Å². The third-order valence-electron chi connectivity index (χ3n) is 0.945. The van der Waals surface area contributed by atoms with Crippen LogP contribution in [0.1, 0.15) is 10.6 Å². The second-order valence-corrected chi connectivity index (χ2v) is 2.09. The van der Waals surface area contributed by atoms with Gasteiger partial charge in [0.15, 0.2) is 10.9 Å². The van der Waals surface area contributed by atoms with Crippen molar-refractivity contribution in [3.63, 3.8) is 0 Å². The Morgan fingerprint density at radius 3 is 2.82 bits per heavy atom. The molecule has 0 aliphatic heterocycles. The monoisotopic (exact) mass is 173 g/mol. The van der Waals surface area contributed by atoms with Gasteiger partial charge in [-0.3, -0.25) is 4.79 Å². The topological polar surface area (TPSA) is 89.1 Å². The van der Waals surface area contributed by atoms with Gasteiger partial charge in [-0.1, -0.05) is 11.6 Å². The van der Waals surface area contributed by atoms with Crippen LogP contribution >= 0.6 is 11.6 Å². The molecule has 1 aromatic heterocycles. The van der Waals surface area contributed by atoms with Crippen LogP contribution in [-0.4, -0.2) is 21.0 Å². The van der Waals surface area contributed by atoms with Crippen LogP contribution in [0.2, 0.25) is 5.15 Å². The first-order chi connectivity index (χ1) is 5.11. The Labute approximate surface area is 66.8 Å². The second kappa shape index (κ2) is 2.71. The van der Waals surface area contributed by atoms with Gasteiger partial charge in [0, 0.05) is 0 Å². The number of primary amides is 1. The van der Waals surface area contributed by atoms with E-state index in [1.165, 1.54) is 0 Å². The first kappa shape index (κ1) is 7.74. The zero-order chi connectivity index (χ0) is 8.43. The van der Waals surface area contributed by atoms with E-state index >= 15 is 0 Å². The lowest BCUT2D eigenvalue weighted by Crippen LogP contribution is -2.14. The van der Waals surface area contributed by atoms with Crippen LogP contribution in [0.15, 0.2) is 6.20 Å². The Bertz CT molecular complexity index is 302. The molecular weight excluding hydrogens is 170 g/mol. The van der Waals surface area contributed by atoms with Crippen LogP contribution in [0.3, 0.4) is 0 Å². The molecular formula is C5H4ClN3O2. The van der Waals surface area contributed by atoms with Gasteiger partial charge in [0.1, 0.15) is 0 Å². The number of aromatic hydroxyl groups is 1. The van der Waals surface area contributed by atoms with Gasteiger partial charge in [-0.15, -0.1) is 0 Å². The highest BCUT2D eigenvalue weighted by atomic mass is 35.5. The Hall–Kier alpha value is -1.36. The van der Waals surface area contributed by atoms with Gasteiger partial charge in [0.2, 0.25) is 5.82 Å². The molecule has 0 saturated heterocycles. The minimum atomic E-state index is -0.785. The second-order valence-electron chi connectivity index (χ2n) is 1.73. The molecule has 0 saturated carbocycles. The summed E-state index contributed by atoms with van der Waals surface area (Å²) in [6, 6.07) is 0. The minimum absolute atomic E-state index is 0.186. The van der Waals surface area contributed by atoms with E-state index in [-0.39, 0.29) is 16.7 Å². The molecule has 6 heteroatoms. The smallest absolute Gasteiger partial charge is 0.286 e. The number of halogens is 1. The van der Waals surface area contributed by atoms with E-state index in [1.807, 2.05) is 0 Å². The Morgan fingerprint density at radius 1 is 1.73 bits per heavy atom. The summed E-state index contributed by atoms with van der Waals surface area (Å²) in [4.78, 5) is 17.2. The molecule has 0 unspecified atom stereocenters. The molecule has 0 bridgehead atoms. The van der Waals surface area contributed by atoms with Crippen LogP contribution in [0.5, 0.6) is 5.75 Å². The lowest BCUT2D eigenvalue weighted by molar-refractivity contribution is 0.0990. The number of nitrogens with zero attached hydrogens (tertiary/aromatic N) is 2. The Morgan fingerprint density at radius 2 is 2.36 bits per heavy atom. The standard InChI is InChI=1S/C5H4ClN3O2/c6-3-2(10)1-8-5(9-3)4(7)11/h1,10H,(H2,7,11). The Balaban J connectivity index is 3.15. The van der Waals surface area contributed by atoms with E-state index < -0.39 is 5.91 Å². The number of rotatable bonds is 1. The average molecular weight is 174 g/mol. The van der Waals surface area contributed by atoms with E-state index in [9.17, 15) is 4.79 Å². The number of carbonyl (C=O) groups excluding carboxylic acids is 1. The van der Waals surface area contributed by atoms with Crippen molar-refractivity contribution in [2.75, 3.05) is 0 Å². The third kappa shape index (κ3) is 1.56. The van der Waals surface area contributed by atoms with Crippen molar-refractivity contribution in [3.05, 3.63) is 17.2 Å². The van der Waals surface area contributed by atoms with E-state index in [2.05, 4.69) is 9.97 Å². The number of hydrogen-bond donors (Lipinski definition) is 2. The molecule has 1 amide bonds. The van der Waals surface area contributed by atoms with Crippen molar-refractivity contribution in [1.29, 1.82) is 0 Å². The number of carbonyl (C=O) groups is 1. The SMILES string of the molecule is NC(=O)c1ncc(O)c(Cl)n1. The Kier molecular flexibility index (Phi) is 1.91. The van der Waals surface area contributed by atoms with Gasteiger partial charge in [0.05, 0.1) is 6.20 Å². The van der Waals surface area contributed by atoms with E-state index in [4.69, 9.17) is 22.4 Å². The maximum Gasteiger partial charge on any atom is 0.286 e. The third-order valence-corrected chi connectivity index (χ3v) is 1.22. The van der Waals surface area contributed by atoms with Gasteiger partial charge in [-0.25, -0.2) is 9.97 Å². The molecule has 0 aliphatic rings. The average Bonchev–Trinajstić information content (AvgIpc) is 1.94. The predicted octanol–water partition coefficient (Wildman–Crippen LogP) is -0.0655. The van der Waals surface area contributed by atoms with Gasteiger partial charge in [-0.2, -0.15) is 0 Å². The molecule has 3 N–H and O–H groups in total. The van der Waals surface area contributed by atoms with Gasteiger partial charge in [0.25, 0.3) is 5.91 Å². The van der Waals surface area contributed by atoms with Crippen LogP contribution in [-0.2, 0) is 0 Å². The highest BCUT2D eigenvalue weighted by molar-refractivity contribution is 6.30. The van der Waals surface area contributed by atoms with Crippen LogP contribution in [0.25, 0.3) is 0 Å². The van der Waals surface area contributed by atoms with Gasteiger partial charge < -0.3 is 10.8 Å². The maximum atomic E-state index is 10.4. The molecule has 0 aromatic carbocycles. The number of nitrogens with two attached hydrogens (primary N) is 1. The quantitative estimate of drug-likeness (QED) is 0.582. The van der Waals surface area contributed by atoms with Crippen LogP contribution in [0.4, 0.5) is 0 Å². The molecule has 1 heterocycles. The summed E-state index contributed by atoms with van der Waals surface area (Å²) in [5.41, 5.74) is 4.83. The number of amides is 1. The summed E-state index contributed by atoms with van der Waals surface area (Å²) in [5.74, 6) is -1.28. The number of aromatic nitrogens is 2. The molecule has 0 radical (unpaired) electrons. The fraction of sp³-hybridized carbons (Fsp3) is 0. The number of hydrogen-bond acceptors (Lipinski definition) is 4. The largest absolute Gasteiger partial charge is 0.504 e. The fourth-order valence-electron chi connectivity index (χ4n) is 0.473. The lowest BCUT2D eigenvalue weighted by Gasteiger charge is -1.95. The molecule has 0 aliphatic carbocycles. The molecule has 1 rings (SSSR count). The van der Waals surface area contributed by atoms with Crippen LogP contribution < -0.4 is 5.73 Å². The normalized spacial score (nSPS) is 9.55. The summed E-state index contributed by atoms with van der Waals surface area (Å²) in [5, 5.41) is 8.63. The molecule has 58 valence electrons. The molecule has 5 nitrogen and oxygen atoms in total. The van der Waals surface area contributed by atoms with E-state index in [0.717, 1.165) is 6.20 Å². The predicted molar refractivity (Wildman–Crippen MR) is 37.2 cm³/mol. The summed E-state index contributed by atoms with van der Waals surface area (Å²) in [6.07, 6.45) is 1.01. The molecule has 0 fully saturated rings. The summed E-state index contributed by atoms with van der Waals surface area (Å²) in [6.45, 7) is 0. The minimum Gasteiger partial charge on any atom is -0.504 e. The van der Waals surface area contributed by atoms with Crippen molar-refractivity contribution < 1.29 is 9.90 Å². The first-order valence-electron chi connectivity index (χ1n) is 2.62. The first-order valence-corrected chi connectivity index (χ1v) is 3.00. The highest BCUT2D eigenvalue weighted by Crippen LogP contribution is 2.17. The molecule has 0 spiro atoms. The summed E-state index contributed by atoms with van der Waals surface area (Å²) < 4.78 is 0. The van der Waals surface area contributed by atoms with Crippen LogP contribution in [0, 0.1) is 0 Å². The molecule has 11 heavy (non-hydrogen) atoms. The van der Waals surface area contributed by atoms with Gasteiger partial charge >= 0.3 is 0 Å². The zero-order valence-electron chi connectivity index (χ0n) is 5.28. The fourth-order valence-corrected chi connectivity index (χ4v) is 0.602. The lowest BCUT2D eigenvalue weighted by atomic mass is 10.5. The van der Waals surface area contributed by atoms with Crippen molar-refractivity contribution in [2.24, 2.45) is 5.73 Å². The van der Waals surface area contributed by atoms with Crippen molar-refractivity contribution in [1.82, 2.24) is 9.97 Å². The summed E-state index contributed by atoms with van der Waals surface area (Å²) >= 11 is 5.35. The van der Waals surface area contributed by atoms with Crippen molar-refractivity contribution >= 4 is 17.5 Å². The van der Waals surface area contributed by atoms with E-state index in [0.29, 0.717) is 0 Å².